The summed E-state index contributed by atoms with van der Waals surface area (Å²) in [5, 5.41) is 0. The van der Waals surface area contributed by atoms with Gasteiger partial charge in [0.05, 0.1) is 19.3 Å². The average Bonchev–Trinajstić information content (AvgIpc) is 2.80. The van der Waals surface area contributed by atoms with Crippen LogP contribution < -0.4 is 4.18 Å². The van der Waals surface area contributed by atoms with E-state index >= 15 is 8.78 Å². The third kappa shape index (κ3) is 7.00. The fraction of sp³-hybridized carbons (Fsp3) is 0.462. The molecule has 1 unspecified atom stereocenters. The predicted molar refractivity (Wildman–Crippen MR) is 131 cm³/mol. The summed E-state index contributed by atoms with van der Waals surface area (Å²) in [6, 6.07) is 2.02. The van der Waals surface area contributed by atoms with E-state index in [2.05, 4.69) is 4.18 Å². The molecule has 2 aromatic rings. The molecule has 0 radical (unpaired) electrons. The first-order valence-electron chi connectivity index (χ1n) is 12.4. The molecule has 0 saturated carbocycles. The second kappa shape index (κ2) is 11.5. The van der Waals surface area contributed by atoms with Crippen molar-refractivity contribution in [1.29, 1.82) is 0 Å². The Morgan fingerprint density at radius 3 is 2.22 bits per heavy atom. The molecule has 2 aliphatic heterocycles. The standard InChI is InChI=1S/C26H25F9N2O3S/c1-15-7-18-11-19(40-41(38,39)26(33,34)35)3-4-20(18)24(37(15)14-25(30,31)32)23-21(28)9-16(10-22(23)29)8-17-12-36(13-17)6-2-5-27/h3-4,8-11,15,24H,2,5-7,12-14H2,1H3/t15-,24?/m1/s1. The molecular weight excluding hydrogens is 591 g/mol. The zero-order valence-electron chi connectivity index (χ0n) is 21.5. The van der Waals surface area contributed by atoms with Crippen LogP contribution in [0.5, 0.6) is 5.75 Å². The van der Waals surface area contributed by atoms with Crippen LogP contribution in [0.15, 0.2) is 35.9 Å². The highest BCUT2D eigenvalue weighted by atomic mass is 32.2. The van der Waals surface area contributed by atoms with E-state index in [1.54, 1.807) is 0 Å². The van der Waals surface area contributed by atoms with Gasteiger partial charge in [-0.25, -0.2) is 8.78 Å². The average molecular weight is 617 g/mol. The predicted octanol–water partition coefficient (Wildman–Crippen LogP) is 6.15. The van der Waals surface area contributed by atoms with Gasteiger partial charge in [0.15, 0.2) is 0 Å². The van der Waals surface area contributed by atoms with Gasteiger partial charge in [0.25, 0.3) is 0 Å². The molecule has 1 fully saturated rings. The lowest BCUT2D eigenvalue weighted by Crippen LogP contribution is -2.47. The minimum atomic E-state index is -6.03. The molecule has 2 aliphatic rings. The molecule has 15 heteroatoms. The molecule has 0 amide bonds. The number of likely N-dealkylation sites (tertiary alicyclic amines) is 1. The fourth-order valence-electron chi connectivity index (χ4n) is 5.14. The summed E-state index contributed by atoms with van der Waals surface area (Å²) in [5.74, 6) is -3.02. The zero-order chi connectivity index (χ0) is 30.3. The van der Waals surface area contributed by atoms with E-state index in [9.17, 15) is 39.2 Å². The molecule has 2 heterocycles. The zero-order valence-corrected chi connectivity index (χ0v) is 22.3. The van der Waals surface area contributed by atoms with Crippen LogP contribution in [0.3, 0.4) is 0 Å². The van der Waals surface area contributed by atoms with Crippen molar-refractivity contribution in [3.63, 3.8) is 0 Å². The normalized spacial score (nSPS) is 20.5. The lowest BCUT2D eigenvalue weighted by atomic mass is 9.84. The monoisotopic (exact) mass is 616 g/mol. The van der Waals surface area contributed by atoms with Crippen LogP contribution in [-0.4, -0.2) is 68.8 Å². The summed E-state index contributed by atoms with van der Waals surface area (Å²) in [4.78, 5) is 2.77. The Labute approximate surface area is 230 Å². The van der Waals surface area contributed by atoms with Gasteiger partial charge in [0.1, 0.15) is 17.4 Å². The number of halogens is 9. The van der Waals surface area contributed by atoms with Gasteiger partial charge < -0.3 is 4.18 Å². The van der Waals surface area contributed by atoms with Crippen molar-refractivity contribution in [3.05, 3.63) is 69.8 Å². The van der Waals surface area contributed by atoms with Gasteiger partial charge in [-0.05, 0) is 66.3 Å². The molecule has 0 spiro atoms. The number of fused-ring (bicyclic) bond motifs is 1. The molecular formula is C26H25F9N2O3S. The van der Waals surface area contributed by atoms with E-state index in [4.69, 9.17) is 0 Å². The number of alkyl halides is 7. The van der Waals surface area contributed by atoms with Gasteiger partial charge >= 0.3 is 21.8 Å². The highest BCUT2D eigenvalue weighted by Crippen LogP contribution is 2.43. The van der Waals surface area contributed by atoms with Crippen molar-refractivity contribution in [2.24, 2.45) is 0 Å². The summed E-state index contributed by atoms with van der Waals surface area (Å²) >= 11 is 0. The molecule has 5 nitrogen and oxygen atoms in total. The largest absolute Gasteiger partial charge is 0.534 e. The fourth-order valence-corrected chi connectivity index (χ4v) is 5.59. The SMILES string of the molecule is C[C@@H]1Cc2cc(OS(=O)(=O)C(F)(F)F)ccc2C(c2c(F)cc(C=C3CN(CCCF)C3)cc2F)N1CC(F)(F)F. The Morgan fingerprint density at radius 1 is 1.02 bits per heavy atom. The van der Waals surface area contributed by atoms with Crippen LogP contribution in [0.4, 0.5) is 39.5 Å². The quantitative estimate of drug-likeness (QED) is 0.202. The third-order valence-electron chi connectivity index (χ3n) is 6.88. The minimum Gasteiger partial charge on any atom is -0.376 e. The van der Waals surface area contributed by atoms with Gasteiger partial charge in [-0.3, -0.25) is 14.2 Å². The molecule has 0 aromatic heterocycles. The van der Waals surface area contributed by atoms with Gasteiger partial charge in [-0.2, -0.15) is 34.8 Å². The van der Waals surface area contributed by atoms with Gasteiger partial charge in [-0.1, -0.05) is 12.1 Å². The first-order chi connectivity index (χ1) is 19.0. The van der Waals surface area contributed by atoms with Gasteiger partial charge in [-0.15, -0.1) is 0 Å². The molecule has 0 aliphatic carbocycles. The summed E-state index contributed by atoms with van der Waals surface area (Å²) in [5.41, 5.74) is -5.43. The second-order valence-electron chi connectivity index (χ2n) is 10.0. The van der Waals surface area contributed by atoms with Crippen molar-refractivity contribution in [2.45, 2.75) is 43.5 Å². The van der Waals surface area contributed by atoms with Crippen molar-refractivity contribution in [1.82, 2.24) is 9.80 Å². The summed E-state index contributed by atoms with van der Waals surface area (Å²) < 4.78 is 149. The lowest BCUT2D eigenvalue weighted by Gasteiger charge is -2.42. The number of hydrogen-bond donors (Lipinski definition) is 0. The van der Waals surface area contributed by atoms with Crippen LogP contribution in [0.1, 0.15) is 41.6 Å². The van der Waals surface area contributed by atoms with Crippen LogP contribution in [0.25, 0.3) is 6.08 Å². The van der Waals surface area contributed by atoms with Crippen LogP contribution in [0.2, 0.25) is 0 Å². The maximum absolute atomic E-state index is 15.5. The third-order valence-corrected chi connectivity index (χ3v) is 7.86. The first kappa shape index (κ1) is 31.2. The van der Waals surface area contributed by atoms with Gasteiger partial charge in [0, 0.05) is 31.2 Å². The minimum absolute atomic E-state index is 0.0458. The topological polar surface area (TPSA) is 49.9 Å². The molecule has 2 aromatic carbocycles. The Hall–Kier alpha value is -2.78. The molecule has 2 atom stereocenters. The maximum Gasteiger partial charge on any atom is 0.534 e. The van der Waals surface area contributed by atoms with Crippen molar-refractivity contribution in [3.8, 4) is 5.75 Å². The Bertz CT molecular complexity index is 1390. The first-order valence-corrected chi connectivity index (χ1v) is 13.8. The highest BCUT2D eigenvalue weighted by molar-refractivity contribution is 7.88. The molecule has 0 bridgehead atoms. The van der Waals surface area contributed by atoms with Crippen molar-refractivity contribution >= 4 is 16.2 Å². The van der Waals surface area contributed by atoms with E-state index in [1.165, 1.54) is 13.0 Å². The van der Waals surface area contributed by atoms with Crippen molar-refractivity contribution < 1.29 is 52.1 Å². The summed E-state index contributed by atoms with van der Waals surface area (Å²) in [7, 11) is -6.03. The van der Waals surface area contributed by atoms with E-state index in [0.29, 0.717) is 26.1 Å². The van der Waals surface area contributed by atoms with E-state index in [-0.39, 0.29) is 23.1 Å². The van der Waals surface area contributed by atoms with E-state index in [1.807, 2.05) is 4.90 Å². The lowest BCUT2D eigenvalue weighted by molar-refractivity contribution is -0.155. The Kier molecular flexibility index (Phi) is 8.72. The summed E-state index contributed by atoms with van der Waals surface area (Å²) in [6.07, 6.45) is -3.06. The molecule has 1 saturated heterocycles. The molecule has 0 N–H and O–H groups in total. The highest BCUT2D eigenvalue weighted by Gasteiger charge is 2.49. The van der Waals surface area contributed by atoms with Crippen LogP contribution >= 0.6 is 0 Å². The second-order valence-corrected chi connectivity index (χ2v) is 11.6. The van der Waals surface area contributed by atoms with E-state index in [0.717, 1.165) is 40.8 Å². The number of hydrogen-bond acceptors (Lipinski definition) is 5. The maximum atomic E-state index is 15.5. The number of benzene rings is 2. The summed E-state index contributed by atoms with van der Waals surface area (Å²) in [6.45, 7) is 0.819. The molecule has 226 valence electrons. The molecule has 41 heavy (non-hydrogen) atoms. The van der Waals surface area contributed by atoms with Crippen molar-refractivity contribution in [2.75, 3.05) is 32.9 Å². The van der Waals surface area contributed by atoms with E-state index < -0.39 is 70.1 Å². The number of nitrogens with zero attached hydrogens (tertiary/aromatic N) is 2. The number of rotatable bonds is 8. The van der Waals surface area contributed by atoms with Crippen LogP contribution in [-0.2, 0) is 16.5 Å². The Morgan fingerprint density at radius 2 is 1.66 bits per heavy atom. The van der Waals surface area contributed by atoms with Crippen LogP contribution in [0, 0.1) is 11.6 Å². The van der Waals surface area contributed by atoms with Gasteiger partial charge in [0.2, 0.25) is 0 Å². The smallest absolute Gasteiger partial charge is 0.376 e. The molecule has 4 rings (SSSR count). The Balaban J connectivity index is 1.72.